The molecule has 0 radical (unpaired) electrons. The first-order valence-electron chi connectivity index (χ1n) is 6.70. The first-order valence-corrected chi connectivity index (χ1v) is 9.83. The number of carbonyl (C=O) groups excluding carboxylic acids is 3. The van der Waals surface area contributed by atoms with E-state index in [1.807, 2.05) is 0 Å². The highest BCUT2D eigenvalue weighted by atomic mass is 32.2. The number of carboxylic acids is 1. The van der Waals surface area contributed by atoms with E-state index in [4.69, 9.17) is 0 Å². The van der Waals surface area contributed by atoms with Gasteiger partial charge in [0.05, 0.1) is 11.8 Å². The summed E-state index contributed by atoms with van der Waals surface area (Å²) in [7, 11) is 0. The van der Waals surface area contributed by atoms with E-state index in [1.54, 1.807) is 0 Å². The first-order chi connectivity index (χ1) is 10.3. The lowest BCUT2D eigenvalue weighted by Gasteiger charge is -2.34. The van der Waals surface area contributed by atoms with Crippen molar-refractivity contribution in [2.45, 2.75) is 26.3 Å². The fourth-order valence-electron chi connectivity index (χ4n) is 1.94. The van der Waals surface area contributed by atoms with E-state index >= 15 is 0 Å². The number of thioether (sulfide) groups is 3. The first kappa shape index (κ1) is 19.4. The quantitative estimate of drug-likeness (QED) is 0.758. The van der Waals surface area contributed by atoms with Gasteiger partial charge in [-0.3, -0.25) is 14.4 Å². The van der Waals surface area contributed by atoms with Crippen LogP contribution in [0.3, 0.4) is 0 Å². The van der Waals surface area contributed by atoms with Crippen LogP contribution in [0, 0.1) is 5.92 Å². The zero-order chi connectivity index (χ0) is 16.7. The molecule has 0 aromatic heterocycles. The highest BCUT2D eigenvalue weighted by molar-refractivity contribution is 8.14. The summed E-state index contributed by atoms with van der Waals surface area (Å²) in [5.74, 6) is -0.266. The van der Waals surface area contributed by atoms with E-state index in [2.05, 4.69) is 0 Å². The molecule has 6 nitrogen and oxygen atoms in total. The third kappa shape index (κ3) is 6.21. The minimum absolute atomic E-state index is 0.103. The molecule has 1 aliphatic rings. The van der Waals surface area contributed by atoms with E-state index in [9.17, 15) is 24.3 Å². The number of amides is 1. The maximum absolute atomic E-state index is 12.6. The molecule has 0 bridgehead atoms. The number of carboxylic acid groups (broad SMARTS) is 1. The van der Waals surface area contributed by atoms with E-state index in [0.717, 1.165) is 23.5 Å². The van der Waals surface area contributed by atoms with Crippen molar-refractivity contribution >= 4 is 57.4 Å². The molecule has 0 aliphatic carbocycles. The van der Waals surface area contributed by atoms with Gasteiger partial charge >= 0.3 is 5.97 Å². The number of rotatable bonds is 6. The Morgan fingerprint density at radius 2 is 1.73 bits per heavy atom. The lowest BCUT2D eigenvalue weighted by molar-refractivity contribution is -0.150. The molecule has 0 aromatic rings. The zero-order valence-electron chi connectivity index (χ0n) is 12.4. The van der Waals surface area contributed by atoms with Gasteiger partial charge in [0.2, 0.25) is 5.91 Å². The summed E-state index contributed by atoms with van der Waals surface area (Å²) in [4.78, 5) is 47.6. The van der Waals surface area contributed by atoms with Gasteiger partial charge in [0.15, 0.2) is 10.2 Å². The molecule has 1 heterocycles. The van der Waals surface area contributed by atoms with Crippen LogP contribution < -0.4 is 0 Å². The Morgan fingerprint density at radius 1 is 1.18 bits per heavy atom. The average Bonchev–Trinajstić information content (AvgIpc) is 2.46. The summed E-state index contributed by atoms with van der Waals surface area (Å²) >= 11 is 3.57. The van der Waals surface area contributed by atoms with Crippen molar-refractivity contribution in [3.8, 4) is 0 Å². The number of nitrogens with zero attached hydrogens (tertiary/aromatic N) is 1. The predicted octanol–water partition coefficient (Wildman–Crippen LogP) is 1.54. The number of hydrogen-bond donors (Lipinski definition) is 1. The van der Waals surface area contributed by atoms with Crippen LogP contribution in [0.1, 0.15) is 20.3 Å². The Morgan fingerprint density at radius 3 is 2.18 bits per heavy atom. The molecule has 1 unspecified atom stereocenters. The van der Waals surface area contributed by atoms with Crippen molar-refractivity contribution in [3.05, 3.63) is 0 Å². The smallest absolute Gasteiger partial charge is 0.326 e. The number of carbonyl (C=O) groups is 4. The van der Waals surface area contributed by atoms with Gasteiger partial charge < -0.3 is 10.0 Å². The lowest BCUT2D eigenvalue weighted by Crippen LogP contribution is -2.50. The molecule has 22 heavy (non-hydrogen) atoms. The molecule has 1 amide bonds. The van der Waals surface area contributed by atoms with Gasteiger partial charge in [-0.25, -0.2) is 4.79 Å². The monoisotopic (exact) mass is 365 g/mol. The van der Waals surface area contributed by atoms with Crippen molar-refractivity contribution in [2.24, 2.45) is 5.92 Å². The molecule has 0 aromatic carbocycles. The van der Waals surface area contributed by atoms with Crippen molar-refractivity contribution < 1.29 is 24.3 Å². The Balaban J connectivity index is 2.80. The maximum Gasteiger partial charge on any atom is 0.326 e. The SMILES string of the molecule is CC(=O)SCC(CSC(C)=O)C(=O)N1CSCCC1C(=O)O. The molecule has 1 rings (SSSR count). The molecular weight excluding hydrogens is 346 g/mol. The van der Waals surface area contributed by atoms with E-state index < -0.39 is 17.9 Å². The Labute approximate surface area is 142 Å². The van der Waals surface area contributed by atoms with Gasteiger partial charge in [-0.1, -0.05) is 23.5 Å². The van der Waals surface area contributed by atoms with Gasteiger partial charge in [0.1, 0.15) is 6.04 Å². The molecule has 124 valence electrons. The predicted molar refractivity (Wildman–Crippen MR) is 90.0 cm³/mol. The molecule has 0 spiro atoms. The van der Waals surface area contributed by atoms with Crippen molar-refractivity contribution in [1.82, 2.24) is 4.90 Å². The summed E-state index contributed by atoms with van der Waals surface area (Å²) in [5.41, 5.74) is 0. The lowest BCUT2D eigenvalue weighted by atomic mass is 10.1. The Kier molecular flexibility index (Phi) is 8.34. The van der Waals surface area contributed by atoms with Crippen LogP contribution >= 0.6 is 35.3 Å². The van der Waals surface area contributed by atoms with Gasteiger partial charge in [-0.15, -0.1) is 11.8 Å². The summed E-state index contributed by atoms with van der Waals surface area (Å²) < 4.78 is 0. The van der Waals surface area contributed by atoms with Crippen LogP contribution in [0.25, 0.3) is 0 Å². The largest absolute Gasteiger partial charge is 0.480 e. The minimum atomic E-state index is -1.01. The number of aliphatic carboxylic acids is 1. The molecule has 1 aliphatic heterocycles. The second kappa shape index (κ2) is 9.46. The standard InChI is InChI=1S/C13H19NO5S3/c1-8(15)21-5-10(6-22-9(2)16)12(17)14-7-20-4-3-11(14)13(18)19/h10-11H,3-7H2,1-2H3,(H,18,19). The summed E-state index contributed by atoms with van der Waals surface area (Å²) in [5, 5.41) is 9.05. The van der Waals surface area contributed by atoms with Gasteiger partial charge in [-0.05, 0) is 12.2 Å². The fourth-order valence-corrected chi connectivity index (χ4v) is 4.50. The average molecular weight is 365 g/mol. The topological polar surface area (TPSA) is 91.8 Å². The third-order valence-electron chi connectivity index (χ3n) is 3.04. The van der Waals surface area contributed by atoms with Crippen LogP contribution in [0.4, 0.5) is 0 Å². The van der Waals surface area contributed by atoms with Crippen molar-refractivity contribution in [2.75, 3.05) is 23.1 Å². The molecule has 1 atom stereocenters. The summed E-state index contributed by atoms with van der Waals surface area (Å²) in [6.45, 7) is 2.84. The Bertz CT molecular complexity index is 439. The molecular formula is C13H19NO5S3. The molecule has 1 fully saturated rings. The van der Waals surface area contributed by atoms with E-state index in [-0.39, 0.29) is 27.6 Å². The van der Waals surface area contributed by atoms with Gasteiger partial charge in [-0.2, -0.15) is 0 Å². The highest BCUT2D eigenvalue weighted by Crippen LogP contribution is 2.25. The van der Waals surface area contributed by atoms with Crippen LogP contribution in [0.15, 0.2) is 0 Å². The molecule has 1 N–H and O–H groups in total. The van der Waals surface area contributed by atoms with E-state index in [1.165, 1.54) is 30.5 Å². The van der Waals surface area contributed by atoms with Gasteiger partial charge in [0, 0.05) is 25.4 Å². The van der Waals surface area contributed by atoms with E-state index in [0.29, 0.717) is 18.1 Å². The van der Waals surface area contributed by atoms with Crippen LogP contribution in [-0.4, -0.2) is 61.3 Å². The highest BCUT2D eigenvalue weighted by Gasteiger charge is 2.35. The Hall–Kier alpha value is -0.670. The fraction of sp³-hybridized carbons (Fsp3) is 0.692. The summed E-state index contributed by atoms with van der Waals surface area (Å²) in [6.07, 6.45) is 0.415. The van der Waals surface area contributed by atoms with Crippen LogP contribution in [0.5, 0.6) is 0 Å². The summed E-state index contributed by atoms with van der Waals surface area (Å²) in [6, 6.07) is -0.819. The molecule has 9 heteroatoms. The molecule has 1 saturated heterocycles. The second-order valence-corrected chi connectivity index (χ2v) is 8.26. The minimum Gasteiger partial charge on any atom is -0.480 e. The zero-order valence-corrected chi connectivity index (χ0v) is 14.9. The third-order valence-corrected chi connectivity index (χ3v) is 5.97. The van der Waals surface area contributed by atoms with Crippen LogP contribution in [-0.2, 0) is 19.2 Å². The van der Waals surface area contributed by atoms with Gasteiger partial charge in [0.25, 0.3) is 0 Å². The van der Waals surface area contributed by atoms with Crippen molar-refractivity contribution in [3.63, 3.8) is 0 Å². The second-order valence-electron chi connectivity index (χ2n) is 4.79. The number of hydrogen-bond acceptors (Lipinski definition) is 7. The molecule has 0 saturated carbocycles. The van der Waals surface area contributed by atoms with Crippen LogP contribution in [0.2, 0.25) is 0 Å². The van der Waals surface area contributed by atoms with Crippen molar-refractivity contribution in [1.29, 1.82) is 0 Å². The normalized spacial score (nSPS) is 18.3. The maximum atomic E-state index is 12.6.